The fourth-order valence-electron chi connectivity index (χ4n) is 1.32. The minimum absolute atomic E-state index is 0.238. The van der Waals surface area contributed by atoms with Gasteiger partial charge in [-0.1, -0.05) is 23.2 Å². The summed E-state index contributed by atoms with van der Waals surface area (Å²) in [5, 5.41) is 0.761. The maximum atomic E-state index is 6.05. The molecule has 4 nitrogen and oxygen atoms in total. The van der Waals surface area contributed by atoms with Gasteiger partial charge in [-0.15, -0.1) is 0 Å². The van der Waals surface area contributed by atoms with Gasteiger partial charge in [-0.25, -0.2) is 9.97 Å². The molecule has 0 atom stereocenters. The average Bonchev–Trinajstić information content (AvgIpc) is 2.34. The summed E-state index contributed by atoms with van der Waals surface area (Å²) >= 11 is 11.9. The molecule has 2 aromatic heterocycles. The molecule has 0 unspecified atom stereocenters. The van der Waals surface area contributed by atoms with E-state index in [0.717, 1.165) is 5.56 Å². The van der Waals surface area contributed by atoms with Crippen LogP contribution in [0.4, 0.5) is 5.82 Å². The topological polar surface area (TPSA) is 61.0 Å². The smallest absolute Gasteiger partial charge is 0.212 e. The summed E-state index contributed by atoms with van der Waals surface area (Å²) in [6.07, 6.45) is 1.61. The number of nitrogens with zero attached hydrogens (tertiary/aromatic N) is 2. The first-order valence-corrected chi connectivity index (χ1v) is 5.49. The molecule has 2 N–H and O–H groups in total. The highest BCUT2D eigenvalue weighted by atomic mass is 35.5. The Hall–Kier alpha value is -1.52. The van der Waals surface area contributed by atoms with Crippen molar-refractivity contribution in [2.75, 3.05) is 12.8 Å². The molecule has 6 heteroatoms. The molecule has 0 aliphatic heterocycles. The molecule has 2 heterocycles. The summed E-state index contributed by atoms with van der Waals surface area (Å²) in [5.74, 6) is 0.758. The normalized spacial score (nSPS) is 10.3. The minimum atomic E-state index is 0.238. The van der Waals surface area contributed by atoms with Gasteiger partial charge in [0, 0.05) is 17.8 Å². The van der Waals surface area contributed by atoms with Gasteiger partial charge in [-0.3, -0.25) is 0 Å². The predicted molar refractivity (Wildman–Crippen MR) is 68.5 cm³/mol. The van der Waals surface area contributed by atoms with Gasteiger partial charge in [0.05, 0.1) is 22.8 Å². The van der Waals surface area contributed by atoms with Crippen LogP contribution in [-0.4, -0.2) is 17.1 Å². The molecule has 0 fully saturated rings. The van der Waals surface area contributed by atoms with Gasteiger partial charge in [-0.2, -0.15) is 0 Å². The van der Waals surface area contributed by atoms with E-state index in [1.54, 1.807) is 31.5 Å². The van der Waals surface area contributed by atoms with E-state index >= 15 is 0 Å². The predicted octanol–water partition coefficient (Wildman–Crippen LogP) is 3.04. The van der Waals surface area contributed by atoms with Crippen LogP contribution in [-0.2, 0) is 0 Å². The average molecular weight is 270 g/mol. The molecule has 0 aliphatic rings. The zero-order valence-corrected chi connectivity index (χ0v) is 10.5. The molecule has 2 rings (SSSR count). The number of pyridine rings is 2. The molecule has 0 saturated carbocycles. The number of anilines is 1. The van der Waals surface area contributed by atoms with Gasteiger partial charge < -0.3 is 10.5 Å². The molecule has 0 bridgehead atoms. The van der Waals surface area contributed by atoms with E-state index in [1.165, 1.54) is 0 Å². The van der Waals surface area contributed by atoms with Gasteiger partial charge in [0.15, 0.2) is 0 Å². The van der Waals surface area contributed by atoms with Crippen molar-refractivity contribution in [2.45, 2.75) is 0 Å². The van der Waals surface area contributed by atoms with Crippen molar-refractivity contribution in [3.63, 3.8) is 0 Å². The summed E-state index contributed by atoms with van der Waals surface area (Å²) < 4.78 is 4.97. The highest BCUT2D eigenvalue weighted by Gasteiger charge is 2.09. The summed E-state index contributed by atoms with van der Waals surface area (Å²) in [6.45, 7) is 0. The van der Waals surface area contributed by atoms with E-state index in [4.69, 9.17) is 33.7 Å². The van der Waals surface area contributed by atoms with Gasteiger partial charge in [-0.05, 0) is 12.1 Å². The summed E-state index contributed by atoms with van der Waals surface area (Å²) in [6, 6.07) is 5.08. The van der Waals surface area contributed by atoms with Crippen molar-refractivity contribution >= 4 is 29.0 Å². The first-order valence-electron chi connectivity index (χ1n) is 4.73. The molecule has 88 valence electrons. The van der Waals surface area contributed by atoms with E-state index in [1.807, 2.05) is 0 Å². The monoisotopic (exact) mass is 269 g/mol. The third-order valence-electron chi connectivity index (χ3n) is 2.18. The Kier molecular flexibility index (Phi) is 3.36. The second-order valence-corrected chi connectivity index (χ2v) is 4.09. The van der Waals surface area contributed by atoms with Crippen LogP contribution in [0.5, 0.6) is 5.88 Å². The van der Waals surface area contributed by atoms with Crippen LogP contribution < -0.4 is 10.5 Å². The lowest BCUT2D eigenvalue weighted by Gasteiger charge is -2.06. The number of hydrogen-bond donors (Lipinski definition) is 1. The minimum Gasteiger partial charge on any atom is -0.481 e. The number of methoxy groups -OCH3 is 1. The largest absolute Gasteiger partial charge is 0.481 e. The first-order chi connectivity index (χ1) is 8.11. The third kappa shape index (κ3) is 2.43. The van der Waals surface area contributed by atoms with Crippen molar-refractivity contribution in [3.8, 4) is 17.1 Å². The lowest BCUT2D eigenvalue weighted by molar-refractivity contribution is 0.398. The number of rotatable bonds is 2. The molecular formula is C11H9Cl2N3O. The van der Waals surface area contributed by atoms with Gasteiger partial charge in [0.25, 0.3) is 0 Å². The molecule has 0 spiro atoms. The Morgan fingerprint density at radius 2 is 2.00 bits per heavy atom. The molecule has 0 aromatic carbocycles. The van der Waals surface area contributed by atoms with Crippen molar-refractivity contribution in [1.82, 2.24) is 9.97 Å². The van der Waals surface area contributed by atoms with E-state index < -0.39 is 0 Å². The third-order valence-corrected chi connectivity index (χ3v) is 2.77. The van der Waals surface area contributed by atoms with Gasteiger partial charge in [0.2, 0.25) is 5.88 Å². The Bertz CT molecular complexity index is 543. The highest BCUT2D eigenvalue weighted by Crippen LogP contribution is 2.31. The SMILES string of the molecule is COc1ccc(-c2nc(N)c(Cl)cc2Cl)cn1. The van der Waals surface area contributed by atoms with Crippen LogP contribution in [0.15, 0.2) is 24.4 Å². The fourth-order valence-corrected chi connectivity index (χ4v) is 1.79. The Morgan fingerprint density at radius 1 is 1.24 bits per heavy atom. The van der Waals surface area contributed by atoms with Crippen LogP contribution in [0.25, 0.3) is 11.3 Å². The van der Waals surface area contributed by atoms with Gasteiger partial charge >= 0.3 is 0 Å². The van der Waals surface area contributed by atoms with E-state index in [9.17, 15) is 0 Å². The summed E-state index contributed by atoms with van der Waals surface area (Å²) in [5.41, 5.74) is 6.93. The summed E-state index contributed by atoms with van der Waals surface area (Å²) in [4.78, 5) is 8.20. The van der Waals surface area contributed by atoms with E-state index in [0.29, 0.717) is 21.6 Å². The maximum Gasteiger partial charge on any atom is 0.212 e. The Morgan fingerprint density at radius 3 is 2.59 bits per heavy atom. The van der Waals surface area contributed by atoms with Crippen molar-refractivity contribution in [2.24, 2.45) is 0 Å². The standard InChI is InChI=1S/C11H9Cl2N3O/c1-17-9-3-2-6(5-15-9)10-7(12)4-8(13)11(14)16-10/h2-5H,1H3,(H2,14,16). The second-order valence-electron chi connectivity index (χ2n) is 3.28. The van der Waals surface area contributed by atoms with Crippen LogP contribution in [0, 0.1) is 0 Å². The van der Waals surface area contributed by atoms with Crippen LogP contribution in [0.2, 0.25) is 10.0 Å². The molecular weight excluding hydrogens is 261 g/mol. The van der Waals surface area contributed by atoms with Crippen molar-refractivity contribution in [3.05, 3.63) is 34.4 Å². The Labute approximate surface area is 108 Å². The summed E-state index contributed by atoms with van der Waals surface area (Å²) in [7, 11) is 1.55. The number of ether oxygens (including phenoxy) is 1. The van der Waals surface area contributed by atoms with Crippen molar-refractivity contribution in [1.29, 1.82) is 0 Å². The van der Waals surface area contributed by atoms with E-state index in [-0.39, 0.29) is 5.82 Å². The molecule has 0 saturated heterocycles. The number of hydrogen-bond acceptors (Lipinski definition) is 4. The molecule has 0 aliphatic carbocycles. The number of nitrogens with two attached hydrogens (primary N) is 1. The fraction of sp³-hybridized carbons (Fsp3) is 0.0909. The molecule has 17 heavy (non-hydrogen) atoms. The quantitative estimate of drug-likeness (QED) is 0.911. The second kappa shape index (κ2) is 4.77. The van der Waals surface area contributed by atoms with Crippen LogP contribution in [0.3, 0.4) is 0 Å². The maximum absolute atomic E-state index is 6.05. The number of aromatic nitrogens is 2. The van der Waals surface area contributed by atoms with Crippen LogP contribution in [0.1, 0.15) is 0 Å². The molecule has 0 radical (unpaired) electrons. The lowest BCUT2D eigenvalue weighted by atomic mass is 10.2. The zero-order chi connectivity index (χ0) is 12.4. The molecule has 0 amide bonds. The van der Waals surface area contributed by atoms with Gasteiger partial charge in [0.1, 0.15) is 5.82 Å². The molecule has 2 aromatic rings. The van der Waals surface area contributed by atoms with E-state index in [2.05, 4.69) is 9.97 Å². The van der Waals surface area contributed by atoms with Crippen LogP contribution >= 0.6 is 23.2 Å². The highest BCUT2D eigenvalue weighted by molar-refractivity contribution is 6.37. The zero-order valence-electron chi connectivity index (χ0n) is 8.95. The number of halogens is 2. The lowest BCUT2D eigenvalue weighted by Crippen LogP contribution is -1.95. The number of nitrogen functional groups attached to an aromatic ring is 1. The van der Waals surface area contributed by atoms with Crippen molar-refractivity contribution < 1.29 is 4.74 Å². The Balaban J connectivity index is 2.48. The first kappa shape index (κ1) is 12.0.